The summed E-state index contributed by atoms with van der Waals surface area (Å²) in [5, 5.41) is 0.860. The van der Waals surface area contributed by atoms with Crippen LogP contribution in [0.1, 0.15) is 29.8 Å². The number of esters is 1. The summed E-state index contributed by atoms with van der Waals surface area (Å²) in [5.41, 5.74) is 2.34. The van der Waals surface area contributed by atoms with Crippen LogP contribution in [-0.2, 0) is 9.53 Å². The van der Waals surface area contributed by atoms with Gasteiger partial charge >= 0.3 is 5.97 Å². The molecule has 0 aliphatic heterocycles. The Morgan fingerprint density at radius 1 is 1.37 bits per heavy atom. The number of carbonyl (C=O) groups excluding carboxylic acids is 2. The second-order valence-corrected chi connectivity index (χ2v) is 4.11. The van der Waals surface area contributed by atoms with E-state index in [4.69, 9.17) is 4.74 Å². The fourth-order valence-corrected chi connectivity index (χ4v) is 1.96. The average Bonchev–Trinajstić information content (AvgIpc) is 2.81. The molecule has 0 amide bonds. The van der Waals surface area contributed by atoms with E-state index in [0.717, 1.165) is 16.5 Å². The Bertz CT molecular complexity index is 652. The number of aromatic nitrogens is 1. The Balaban J connectivity index is 2.40. The molecule has 0 aliphatic carbocycles. The molecule has 0 fully saturated rings. The van der Waals surface area contributed by atoms with Crippen LogP contribution in [0.2, 0.25) is 0 Å². The predicted octanol–water partition coefficient (Wildman–Crippen LogP) is 2.95. The van der Waals surface area contributed by atoms with Crippen molar-refractivity contribution < 1.29 is 14.3 Å². The topological polar surface area (TPSA) is 59.2 Å². The van der Waals surface area contributed by atoms with E-state index in [2.05, 4.69) is 4.98 Å². The van der Waals surface area contributed by atoms with E-state index in [9.17, 15) is 9.59 Å². The number of H-pyrrole nitrogens is 1. The van der Waals surface area contributed by atoms with Crippen LogP contribution >= 0.6 is 0 Å². The third kappa shape index (κ3) is 2.73. The van der Waals surface area contributed by atoms with Crippen LogP contribution in [0, 0.1) is 0 Å². The molecule has 98 valence electrons. The number of nitrogens with one attached hydrogen (secondary N) is 1. The SMILES string of the molecule is CCOC(=O)C=Cc1cccc2c(C(C)=O)c[nH]c12. The van der Waals surface area contributed by atoms with Crippen LogP contribution in [0.25, 0.3) is 17.0 Å². The molecule has 19 heavy (non-hydrogen) atoms. The first-order valence-corrected chi connectivity index (χ1v) is 6.09. The Labute approximate surface area is 111 Å². The summed E-state index contributed by atoms with van der Waals surface area (Å²) in [4.78, 5) is 25.8. The van der Waals surface area contributed by atoms with E-state index in [1.165, 1.54) is 13.0 Å². The van der Waals surface area contributed by atoms with Crippen LogP contribution in [0.15, 0.2) is 30.5 Å². The lowest BCUT2D eigenvalue weighted by molar-refractivity contribution is -0.137. The monoisotopic (exact) mass is 257 g/mol. The number of aromatic amines is 1. The first-order chi connectivity index (χ1) is 9.13. The highest BCUT2D eigenvalue weighted by Crippen LogP contribution is 2.23. The predicted molar refractivity (Wildman–Crippen MR) is 74.0 cm³/mol. The van der Waals surface area contributed by atoms with E-state index < -0.39 is 0 Å². The summed E-state index contributed by atoms with van der Waals surface area (Å²) in [6, 6.07) is 5.61. The second kappa shape index (κ2) is 5.52. The standard InChI is InChI=1S/C15H15NO3/c1-3-19-14(18)8-7-11-5-4-6-12-13(10(2)17)9-16-15(11)12/h4-9,16H,3H2,1-2H3. The number of ether oxygens (including phenoxy) is 1. The van der Waals surface area contributed by atoms with Crippen molar-refractivity contribution in [3.63, 3.8) is 0 Å². The highest BCUT2D eigenvalue weighted by atomic mass is 16.5. The maximum absolute atomic E-state index is 11.5. The number of fused-ring (bicyclic) bond motifs is 1. The van der Waals surface area contributed by atoms with Crippen molar-refractivity contribution in [2.75, 3.05) is 6.61 Å². The molecule has 0 saturated heterocycles. The summed E-state index contributed by atoms with van der Waals surface area (Å²) in [6.07, 6.45) is 4.75. The molecule has 0 aliphatic rings. The van der Waals surface area contributed by atoms with Gasteiger partial charge in [0.05, 0.1) is 12.1 Å². The molecule has 0 saturated carbocycles. The molecule has 0 bridgehead atoms. The van der Waals surface area contributed by atoms with Crippen molar-refractivity contribution in [2.45, 2.75) is 13.8 Å². The molecular weight excluding hydrogens is 242 g/mol. The zero-order chi connectivity index (χ0) is 13.8. The number of rotatable bonds is 4. The number of hydrogen-bond donors (Lipinski definition) is 1. The van der Waals surface area contributed by atoms with E-state index in [1.54, 1.807) is 19.2 Å². The molecule has 2 rings (SSSR count). The van der Waals surface area contributed by atoms with Gasteiger partial charge in [-0.1, -0.05) is 18.2 Å². The molecule has 1 aromatic carbocycles. The van der Waals surface area contributed by atoms with Crippen LogP contribution < -0.4 is 0 Å². The average molecular weight is 257 g/mol. The Morgan fingerprint density at radius 2 is 2.16 bits per heavy atom. The minimum atomic E-state index is -0.377. The van der Waals surface area contributed by atoms with Crippen molar-refractivity contribution in [1.29, 1.82) is 0 Å². The van der Waals surface area contributed by atoms with Gasteiger partial charge < -0.3 is 9.72 Å². The molecule has 2 aromatic rings. The van der Waals surface area contributed by atoms with Gasteiger partial charge in [-0.25, -0.2) is 4.79 Å². The maximum atomic E-state index is 11.5. The van der Waals surface area contributed by atoms with Gasteiger partial charge in [0.1, 0.15) is 0 Å². The number of carbonyl (C=O) groups is 2. The van der Waals surface area contributed by atoms with Gasteiger partial charge in [0.15, 0.2) is 5.78 Å². The molecule has 0 unspecified atom stereocenters. The largest absolute Gasteiger partial charge is 0.463 e. The van der Waals surface area contributed by atoms with Crippen LogP contribution in [0.4, 0.5) is 0 Å². The molecule has 0 spiro atoms. The summed E-state index contributed by atoms with van der Waals surface area (Å²) < 4.78 is 4.83. The molecule has 4 nitrogen and oxygen atoms in total. The highest BCUT2D eigenvalue weighted by molar-refractivity contribution is 6.08. The van der Waals surface area contributed by atoms with Crippen molar-refractivity contribution in [3.05, 3.63) is 41.6 Å². The van der Waals surface area contributed by atoms with Crippen LogP contribution in [0.3, 0.4) is 0 Å². The van der Waals surface area contributed by atoms with Crippen molar-refractivity contribution in [1.82, 2.24) is 4.98 Å². The third-order valence-corrected chi connectivity index (χ3v) is 2.81. The van der Waals surface area contributed by atoms with E-state index >= 15 is 0 Å². The lowest BCUT2D eigenvalue weighted by Crippen LogP contribution is -1.98. The molecule has 1 heterocycles. The second-order valence-electron chi connectivity index (χ2n) is 4.11. The number of ketones is 1. The number of hydrogen-bond acceptors (Lipinski definition) is 3. The molecular formula is C15H15NO3. The minimum Gasteiger partial charge on any atom is -0.463 e. The smallest absolute Gasteiger partial charge is 0.330 e. The van der Waals surface area contributed by atoms with Crippen molar-refractivity contribution in [2.24, 2.45) is 0 Å². The highest BCUT2D eigenvalue weighted by Gasteiger charge is 2.09. The third-order valence-electron chi connectivity index (χ3n) is 2.81. The van der Waals surface area contributed by atoms with Crippen molar-refractivity contribution >= 4 is 28.7 Å². The molecule has 0 atom stereocenters. The van der Waals surface area contributed by atoms with Gasteiger partial charge in [-0.05, 0) is 25.5 Å². The van der Waals surface area contributed by atoms with E-state index in [0.29, 0.717) is 12.2 Å². The molecule has 1 aromatic heterocycles. The van der Waals surface area contributed by atoms with Gasteiger partial charge in [0, 0.05) is 23.2 Å². The van der Waals surface area contributed by atoms with Gasteiger partial charge in [-0.2, -0.15) is 0 Å². The molecule has 0 radical (unpaired) electrons. The fourth-order valence-electron chi connectivity index (χ4n) is 1.96. The van der Waals surface area contributed by atoms with E-state index in [-0.39, 0.29) is 11.8 Å². The minimum absolute atomic E-state index is 0.0118. The summed E-state index contributed by atoms with van der Waals surface area (Å²) in [5.74, 6) is -0.365. The van der Waals surface area contributed by atoms with Crippen LogP contribution in [0.5, 0.6) is 0 Å². The first kappa shape index (κ1) is 13.1. The Kier molecular flexibility index (Phi) is 3.80. The Hall–Kier alpha value is -2.36. The van der Waals surface area contributed by atoms with Crippen molar-refractivity contribution in [3.8, 4) is 0 Å². The normalized spacial score (nSPS) is 11.1. The number of benzene rings is 1. The van der Waals surface area contributed by atoms with E-state index in [1.807, 2.05) is 18.2 Å². The van der Waals surface area contributed by atoms with Gasteiger partial charge in [0.25, 0.3) is 0 Å². The summed E-state index contributed by atoms with van der Waals surface area (Å²) in [7, 11) is 0. The molecule has 4 heteroatoms. The zero-order valence-corrected chi connectivity index (χ0v) is 10.9. The maximum Gasteiger partial charge on any atom is 0.330 e. The van der Waals surface area contributed by atoms with Crippen LogP contribution in [-0.4, -0.2) is 23.3 Å². The lowest BCUT2D eigenvalue weighted by Gasteiger charge is -1.98. The zero-order valence-electron chi connectivity index (χ0n) is 10.9. The Morgan fingerprint density at radius 3 is 2.84 bits per heavy atom. The quantitative estimate of drug-likeness (QED) is 0.520. The summed E-state index contributed by atoms with van der Waals surface area (Å²) >= 11 is 0. The molecule has 1 N–H and O–H groups in total. The van der Waals surface area contributed by atoms with Gasteiger partial charge in [-0.15, -0.1) is 0 Å². The first-order valence-electron chi connectivity index (χ1n) is 6.09. The number of para-hydroxylation sites is 1. The lowest BCUT2D eigenvalue weighted by atomic mass is 10.1. The fraction of sp³-hybridized carbons (Fsp3) is 0.200. The summed E-state index contributed by atoms with van der Waals surface area (Å²) in [6.45, 7) is 3.64. The van der Waals surface area contributed by atoms with Gasteiger partial charge in [0.2, 0.25) is 0 Å². The number of Topliss-reactive ketones (excluding diaryl/α,β-unsaturated/α-hetero) is 1. The van der Waals surface area contributed by atoms with Gasteiger partial charge in [-0.3, -0.25) is 4.79 Å².